The van der Waals surface area contributed by atoms with Crippen LogP contribution in [0.15, 0.2) is 18.2 Å². The monoisotopic (exact) mass is 364 g/mol. The Kier molecular flexibility index (Phi) is 8.80. The van der Waals surface area contributed by atoms with E-state index in [4.69, 9.17) is 4.74 Å². The predicted molar refractivity (Wildman–Crippen MR) is 96.4 cm³/mol. The van der Waals surface area contributed by atoms with Crippen LogP contribution in [0.5, 0.6) is 0 Å². The van der Waals surface area contributed by atoms with Crippen LogP contribution in [0, 0.1) is 18.7 Å². The number of halogens is 3. The van der Waals surface area contributed by atoms with Crippen LogP contribution in [0.25, 0.3) is 0 Å². The van der Waals surface area contributed by atoms with E-state index in [1.165, 1.54) is 11.1 Å². The number of nitrogens with one attached hydrogen (secondary N) is 1. The van der Waals surface area contributed by atoms with Gasteiger partial charge in [-0.1, -0.05) is 6.07 Å². The molecule has 0 spiro atoms. The van der Waals surface area contributed by atoms with Crippen molar-refractivity contribution in [3.8, 4) is 0 Å². The summed E-state index contributed by atoms with van der Waals surface area (Å²) in [5.74, 6) is 0.445. The Labute approximate surface area is 150 Å². The number of nitrogens with zero attached hydrogens (tertiary/aromatic N) is 1. The van der Waals surface area contributed by atoms with Gasteiger partial charge in [0.15, 0.2) is 0 Å². The first kappa shape index (κ1) is 20.7. The minimum atomic E-state index is -0.122. The summed E-state index contributed by atoms with van der Waals surface area (Å²) in [4.78, 5) is 2.54. The molecule has 132 valence electrons. The van der Waals surface area contributed by atoms with Crippen LogP contribution in [-0.4, -0.2) is 44.3 Å². The van der Waals surface area contributed by atoms with Gasteiger partial charge in [0.2, 0.25) is 0 Å². The van der Waals surface area contributed by atoms with Gasteiger partial charge in [-0.2, -0.15) is 0 Å². The number of piperazine rings is 1. The molecule has 0 aromatic heterocycles. The Balaban J connectivity index is 0.00000132. The SMILES string of the molecule is Cc1ccc(F)cc1[C@@H](C1CCOCC1)N1CCNCC1.Cl.Cl. The predicted octanol–water partition coefficient (Wildman–Crippen LogP) is 3.35. The van der Waals surface area contributed by atoms with E-state index >= 15 is 0 Å². The van der Waals surface area contributed by atoms with Crippen LogP contribution in [-0.2, 0) is 4.74 Å². The molecule has 3 rings (SSSR count). The minimum absolute atomic E-state index is 0. The summed E-state index contributed by atoms with van der Waals surface area (Å²) in [5, 5.41) is 3.41. The zero-order valence-corrected chi connectivity index (χ0v) is 15.2. The third-order valence-corrected chi connectivity index (χ3v) is 4.82. The summed E-state index contributed by atoms with van der Waals surface area (Å²) in [6.07, 6.45) is 2.15. The number of rotatable bonds is 3. The molecule has 0 bridgehead atoms. The number of hydrogen-bond donors (Lipinski definition) is 1. The Morgan fingerprint density at radius 2 is 1.83 bits per heavy atom. The standard InChI is InChI=1S/C17H25FN2O.2ClH/c1-13-2-3-15(18)12-16(13)17(14-4-10-21-11-5-14)20-8-6-19-7-9-20;;/h2-3,12,14,17,19H,4-11H2,1H3;2*1H/t17-;;/m1../s1. The molecule has 2 heterocycles. The van der Waals surface area contributed by atoms with Gasteiger partial charge < -0.3 is 10.1 Å². The lowest BCUT2D eigenvalue weighted by Crippen LogP contribution is -2.47. The molecule has 2 fully saturated rings. The van der Waals surface area contributed by atoms with Crippen molar-refractivity contribution in [2.75, 3.05) is 39.4 Å². The van der Waals surface area contributed by atoms with E-state index in [1.807, 2.05) is 6.07 Å². The van der Waals surface area contributed by atoms with Gasteiger partial charge in [-0.3, -0.25) is 4.90 Å². The average molecular weight is 365 g/mol. The molecule has 2 aliphatic rings. The quantitative estimate of drug-likeness (QED) is 0.889. The molecular weight excluding hydrogens is 338 g/mol. The Hall–Kier alpha value is -0.390. The van der Waals surface area contributed by atoms with Crippen molar-refractivity contribution in [3.05, 3.63) is 35.1 Å². The molecule has 6 heteroatoms. The van der Waals surface area contributed by atoms with Crippen molar-refractivity contribution in [3.63, 3.8) is 0 Å². The fourth-order valence-corrected chi connectivity index (χ4v) is 3.67. The molecule has 2 aliphatic heterocycles. The topological polar surface area (TPSA) is 24.5 Å². The van der Waals surface area contributed by atoms with Gasteiger partial charge in [0.1, 0.15) is 5.82 Å². The lowest BCUT2D eigenvalue weighted by Gasteiger charge is -2.41. The van der Waals surface area contributed by atoms with Gasteiger partial charge in [-0.15, -0.1) is 24.8 Å². The highest BCUT2D eigenvalue weighted by Crippen LogP contribution is 2.37. The van der Waals surface area contributed by atoms with Crippen molar-refractivity contribution in [2.45, 2.75) is 25.8 Å². The largest absolute Gasteiger partial charge is 0.381 e. The molecule has 0 unspecified atom stereocenters. The van der Waals surface area contributed by atoms with Gasteiger partial charge in [0.05, 0.1) is 0 Å². The van der Waals surface area contributed by atoms with Gasteiger partial charge in [0.25, 0.3) is 0 Å². The summed E-state index contributed by atoms with van der Waals surface area (Å²) in [6.45, 7) is 7.89. The second-order valence-corrected chi connectivity index (χ2v) is 6.18. The summed E-state index contributed by atoms with van der Waals surface area (Å²) in [5.41, 5.74) is 2.37. The highest BCUT2D eigenvalue weighted by atomic mass is 35.5. The first-order valence-corrected chi connectivity index (χ1v) is 8.04. The van der Waals surface area contributed by atoms with E-state index in [2.05, 4.69) is 17.1 Å². The lowest BCUT2D eigenvalue weighted by molar-refractivity contribution is 0.0210. The smallest absolute Gasteiger partial charge is 0.123 e. The first-order chi connectivity index (χ1) is 10.3. The number of hydrogen-bond acceptors (Lipinski definition) is 3. The maximum Gasteiger partial charge on any atom is 0.123 e. The molecular formula is C17H27Cl2FN2O. The molecule has 0 saturated carbocycles. The van der Waals surface area contributed by atoms with Crippen LogP contribution in [0.4, 0.5) is 4.39 Å². The number of ether oxygens (including phenoxy) is 1. The van der Waals surface area contributed by atoms with Gasteiger partial charge in [-0.25, -0.2) is 4.39 Å². The Morgan fingerprint density at radius 3 is 2.48 bits per heavy atom. The second kappa shape index (κ2) is 9.80. The van der Waals surface area contributed by atoms with E-state index in [9.17, 15) is 4.39 Å². The van der Waals surface area contributed by atoms with Crippen molar-refractivity contribution in [1.82, 2.24) is 10.2 Å². The van der Waals surface area contributed by atoms with Crippen LogP contribution in [0.3, 0.4) is 0 Å². The Bertz CT molecular complexity index is 460. The fourth-order valence-electron chi connectivity index (χ4n) is 3.67. The molecule has 3 nitrogen and oxygen atoms in total. The zero-order chi connectivity index (χ0) is 14.7. The van der Waals surface area contributed by atoms with E-state index in [0.717, 1.165) is 52.2 Å². The number of aryl methyl sites for hydroxylation is 1. The third kappa shape index (κ3) is 5.04. The maximum atomic E-state index is 13.8. The molecule has 1 atom stereocenters. The summed E-state index contributed by atoms with van der Waals surface area (Å²) < 4.78 is 19.3. The highest BCUT2D eigenvalue weighted by Gasteiger charge is 2.32. The van der Waals surface area contributed by atoms with E-state index < -0.39 is 0 Å². The van der Waals surface area contributed by atoms with Crippen LogP contribution in [0.2, 0.25) is 0 Å². The van der Waals surface area contributed by atoms with E-state index in [0.29, 0.717) is 12.0 Å². The summed E-state index contributed by atoms with van der Waals surface area (Å²) in [7, 11) is 0. The molecule has 23 heavy (non-hydrogen) atoms. The molecule has 0 amide bonds. The first-order valence-electron chi connectivity index (χ1n) is 8.04. The number of benzene rings is 1. The van der Waals surface area contributed by atoms with Gasteiger partial charge in [-0.05, 0) is 48.9 Å². The summed E-state index contributed by atoms with van der Waals surface area (Å²) in [6, 6.07) is 5.56. The van der Waals surface area contributed by atoms with Gasteiger partial charge in [0, 0.05) is 45.4 Å². The summed E-state index contributed by atoms with van der Waals surface area (Å²) >= 11 is 0. The fraction of sp³-hybridized carbons (Fsp3) is 0.647. The maximum absolute atomic E-state index is 13.8. The molecule has 1 N–H and O–H groups in total. The van der Waals surface area contributed by atoms with Crippen LogP contribution < -0.4 is 5.32 Å². The van der Waals surface area contributed by atoms with Gasteiger partial charge >= 0.3 is 0 Å². The van der Waals surface area contributed by atoms with Crippen molar-refractivity contribution < 1.29 is 9.13 Å². The van der Waals surface area contributed by atoms with Crippen LogP contribution >= 0.6 is 24.8 Å². The normalized spacial score (nSPS) is 21.1. The zero-order valence-electron chi connectivity index (χ0n) is 13.6. The average Bonchev–Trinajstić information content (AvgIpc) is 2.53. The third-order valence-electron chi connectivity index (χ3n) is 4.82. The van der Waals surface area contributed by atoms with E-state index in [1.54, 1.807) is 12.1 Å². The van der Waals surface area contributed by atoms with Crippen molar-refractivity contribution in [1.29, 1.82) is 0 Å². The molecule has 1 aromatic rings. The second-order valence-electron chi connectivity index (χ2n) is 6.18. The van der Waals surface area contributed by atoms with Crippen LogP contribution in [0.1, 0.15) is 30.0 Å². The molecule has 2 saturated heterocycles. The minimum Gasteiger partial charge on any atom is -0.381 e. The van der Waals surface area contributed by atoms with E-state index in [-0.39, 0.29) is 30.6 Å². The molecule has 0 aliphatic carbocycles. The lowest BCUT2D eigenvalue weighted by atomic mass is 9.84. The Morgan fingerprint density at radius 1 is 1.17 bits per heavy atom. The van der Waals surface area contributed by atoms with Crippen molar-refractivity contribution >= 4 is 24.8 Å². The molecule has 0 radical (unpaired) electrons. The molecule has 1 aromatic carbocycles. The van der Waals surface area contributed by atoms with Crippen molar-refractivity contribution in [2.24, 2.45) is 5.92 Å². The highest BCUT2D eigenvalue weighted by molar-refractivity contribution is 5.85.